The predicted octanol–water partition coefficient (Wildman–Crippen LogP) is 3.41. The van der Waals surface area contributed by atoms with E-state index in [-0.39, 0.29) is 11.2 Å². The maximum Gasteiger partial charge on any atom is 0.316 e. The second-order valence-corrected chi connectivity index (χ2v) is 6.27. The zero-order valence-corrected chi connectivity index (χ0v) is 13.5. The number of hydrogen-bond donors (Lipinski definition) is 0. The minimum absolute atomic E-state index is 0.102. The van der Waals surface area contributed by atoms with Crippen molar-refractivity contribution in [3.05, 3.63) is 58.3 Å². The predicted molar refractivity (Wildman–Crippen MR) is 91.1 cm³/mol. The molecule has 0 aliphatic carbocycles. The van der Waals surface area contributed by atoms with Crippen LogP contribution in [0.2, 0.25) is 0 Å². The summed E-state index contributed by atoms with van der Waals surface area (Å²) in [6.07, 6.45) is 0. The van der Waals surface area contributed by atoms with Gasteiger partial charge in [-0.15, -0.1) is 11.3 Å². The smallest absolute Gasteiger partial charge is 0.316 e. The lowest BCUT2D eigenvalue weighted by Crippen LogP contribution is -2.22. The number of methoxy groups -OCH3 is 1. The van der Waals surface area contributed by atoms with Gasteiger partial charge in [-0.1, -0.05) is 18.2 Å². The van der Waals surface area contributed by atoms with E-state index in [1.807, 2.05) is 18.2 Å². The topological polar surface area (TPSA) is 60.4 Å². The van der Waals surface area contributed by atoms with Crippen LogP contribution >= 0.6 is 11.3 Å². The number of fused-ring (bicyclic) bond motifs is 2. The Balaban J connectivity index is 2.29. The maximum absolute atomic E-state index is 12.6. The summed E-state index contributed by atoms with van der Waals surface area (Å²) in [5, 5.41) is 1.13. The Morgan fingerprint density at radius 3 is 2.48 bits per heavy atom. The first-order chi connectivity index (χ1) is 11.0. The summed E-state index contributed by atoms with van der Waals surface area (Å²) in [6, 6.07) is 12.3. The molecule has 1 atom stereocenters. The van der Waals surface area contributed by atoms with Gasteiger partial charge in [-0.25, -0.2) is 0 Å². The number of carbonyl (C=O) groups is 2. The van der Waals surface area contributed by atoms with Crippen LogP contribution < -0.4 is 5.43 Å². The van der Waals surface area contributed by atoms with E-state index in [1.54, 1.807) is 24.3 Å². The zero-order valence-electron chi connectivity index (χ0n) is 12.7. The number of ether oxygens (including phenoxy) is 1. The molecule has 0 spiro atoms. The number of benzene rings is 2. The van der Waals surface area contributed by atoms with Crippen LogP contribution in [0.5, 0.6) is 0 Å². The summed E-state index contributed by atoms with van der Waals surface area (Å²) < 4.78 is 6.07. The number of ketones is 1. The van der Waals surface area contributed by atoms with Gasteiger partial charge in [0, 0.05) is 25.7 Å². The molecular weight excluding hydrogens is 312 g/mol. The van der Waals surface area contributed by atoms with Gasteiger partial charge < -0.3 is 4.74 Å². The summed E-state index contributed by atoms with van der Waals surface area (Å²) in [4.78, 5) is 36.9. The lowest BCUT2D eigenvalue weighted by Gasteiger charge is -2.10. The average molecular weight is 326 g/mol. The van der Waals surface area contributed by atoms with Crippen molar-refractivity contribution >= 4 is 43.3 Å². The molecular formula is C18H14O4S. The van der Waals surface area contributed by atoms with Crippen molar-refractivity contribution in [2.75, 3.05) is 7.11 Å². The van der Waals surface area contributed by atoms with Crippen molar-refractivity contribution in [3.63, 3.8) is 0 Å². The molecule has 3 aromatic rings. The molecule has 4 nitrogen and oxygen atoms in total. The van der Waals surface area contributed by atoms with E-state index in [0.29, 0.717) is 21.0 Å². The molecule has 0 bridgehead atoms. The third-order valence-corrected chi connectivity index (χ3v) is 5.04. The molecule has 0 N–H and O–H groups in total. The molecule has 5 heteroatoms. The van der Waals surface area contributed by atoms with E-state index in [9.17, 15) is 14.4 Å². The number of hydrogen-bond acceptors (Lipinski definition) is 5. The van der Waals surface area contributed by atoms with Gasteiger partial charge in [0.2, 0.25) is 0 Å². The van der Waals surface area contributed by atoms with Crippen LogP contribution in [-0.2, 0) is 9.53 Å². The summed E-state index contributed by atoms with van der Waals surface area (Å²) >= 11 is 1.38. The van der Waals surface area contributed by atoms with Crippen molar-refractivity contribution < 1.29 is 14.3 Å². The summed E-state index contributed by atoms with van der Waals surface area (Å²) in [5.74, 6) is -1.83. The SMILES string of the molecule is COC(=O)C(C)C(=O)c1cccc2c(=O)c3ccccc3sc12. The Kier molecular flexibility index (Phi) is 3.96. The first kappa shape index (κ1) is 15.4. The van der Waals surface area contributed by atoms with Gasteiger partial charge in [0.25, 0.3) is 0 Å². The van der Waals surface area contributed by atoms with Crippen LogP contribution in [0.1, 0.15) is 17.3 Å². The first-order valence-electron chi connectivity index (χ1n) is 7.11. The molecule has 0 radical (unpaired) electrons. The molecule has 1 unspecified atom stereocenters. The summed E-state index contributed by atoms with van der Waals surface area (Å²) in [6.45, 7) is 1.51. The largest absolute Gasteiger partial charge is 0.468 e. The van der Waals surface area contributed by atoms with Gasteiger partial charge in [-0.2, -0.15) is 0 Å². The van der Waals surface area contributed by atoms with E-state index in [1.165, 1.54) is 25.4 Å². The lowest BCUT2D eigenvalue weighted by atomic mass is 9.98. The highest BCUT2D eigenvalue weighted by Crippen LogP contribution is 2.28. The van der Waals surface area contributed by atoms with Gasteiger partial charge >= 0.3 is 5.97 Å². The average Bonchev–Trinajstić information content (AvgIpc) is 2.59. The molecule has 2 aromatic carbocycles. The molecule has 0 aliphatic heterocycles. The third kappa shape index (κ3) is 2.53. The van der Waals surface area contributed by atoms with Gasteiger partial charge in [-0.05, 0) is 31.2 Å². The van der Waals surface area contributed by atoms with Crippen LogP contribution in [0.4, 0.5) is 0 Å². The minimum Gasteiger partial charge on any atom is -0.468 e. The highest BCUT2D eigenvalue weighted by Gasteiger charge is 2.25. The second-order valence-electron chi connectivity index (χ2n) is 5.22. The minimum atomic E-state index is -0.903. The van der Waals surface area contributed by atoms with Gasteiger partial charge in [-0.3, -0.25) is 14.4 Å². The van der Waals surface area contributed by atoms with Crippen molar-refractivity contribution in [3.8, 4) is 0 Å². The Labute approximate surface area is 136 Å². The fourth-order valence-electron chi connectivity index (χ4n) is 2.54. The van der Waals surface area contributed by atoms with Gasteiger partial charge in [0.05, 0.1) is 7.11 Å². The Morgan fingerprint density at radius 1 is 1.04 bits per heavy atom. The van der Waals surface area contributed by atoms with E-state index >= 15 is 0 Å². The van der Waals surface area contributed by atoms with Crippen molar-refractivity contribution in [2.45, 2.75) is 6.92 Å². The molecule has 0 saturated heterocycles. The highest BCUT2D eigenvalue weighted by atomic mass is 32.1. The summed E-state index contributed by atoms with van der Waals surface area (Å²) in [7, 11) is 1.25. The number of carbonyl (C=O) groups excluding carboxylic acids is 2. The molecule has 1 heterocycles. The molecule has 0 amide bonds. The van der Waals surface area contributed by atoms with Gasteiger partial charge in [0.1, 0.15) is 5.92 Å². The van der Waals surface area contributed by atoms with E-state index in [4.69, 9.17) is 0 Å². The number of Topliss-reactive ketones (excluding diaryl/α,β-unsaturated/α-hetero) is 1. The van der Waals surface area contributed by atoms with E-state index in [2.05, 4.69) is 4.74 Å². The Hall–Kier alpha value is -2.53. The number of rotatable bonds is 3. The molecule has 23 heavy (non-hydrogen) atoms. The van der Waals surface area contributed by atoms with Crippen molar-refractivity contribution in [1.82, 2.24) is 0 Å². The van der Waals surface area contributed by atoms with Crippen molar-refractivity contribution in [2.24, 2.45) is 5.92 Å². The van der Waals surface area contributed by atoms with Crippen LogP contribution in [0.25, 0.3) is 20.2 Å². The quantitative estimate of drug-likeness (QED) is 0.320. The first-order valence-corrected chi connectivity index (χ1v) is 7.93. The zero-order chi connectivity index (χ0) is 16.6. The lowest BCUT2D eigenvalue weighted by molar-refractivity contribution is -0.143. The standard InChI is InChI=1S/C18H14O4S/c1-10(18(21)22-2)15(19)12-7-5-8-13-16(20)11-6-3-4-9-14(11)23-17(12)13/h3-10H,1-2H3. The molecule has 116 valence electrons. The monoisotopic (exact) mass is 326 g/mol. The molecule has 0 fully saturated rings. The van der Waals surface area contributed by atoms with Crippen molar-refractivity contribution in [1.29, 1.82) is 0 Å². The highest BCUT2D eigenvalue weighted by molar-refractivity contribution is 7.24. The second kappa shape index (κ2) is 5.93. The summed E-state index contributed by atoms with van der Waals surface area (Å²) in [5.41, 5.74) is 0.281. The Bertz CT molecular complexity index is 987. The van der Waals surface area contributed by atoms with E-state index in [0.717, 1.165) is 4.70 Å². The fourth-order valence-corrected chi connectivity index (χ4v) is 3.72. The van der Waals surface area contributed by atoms with Crippen LogP contribution in [0.3, 0.4) is 0 Å². The van der Waals surface area contributed by atoms with E-state index < -0.39 is 11.9 Å². The van der Waals surface area contributed by atoms with Crippen LogP contribution in [0, 0.1) is 5.92 Å². The maximum atomic E-state index is 12.6. The molecule has 1 aromatic heterocycles. The molecule has 0 aliphatic rings. The fraction of sp³-hybridized carbons (Fsp3) is 0.167. The molecule has 3 rings (SSSR count). The van der Waals surface area contributed by atoms with Crippen LogP contribution in [-0.4, -0.2) is 18.9 Å². The van der Waals surface area contributed by atoms with Crippen LogP contribution in [0.15, 0.2) is 47.3 Å². The normalized spacial score (nSPS) is 12.3. The molecule has 0 saturated carbocycles. The number of esters is 1. The Morgan fingerprint density at radius 2 is 1.74 bits per heavy atom. The van der Waals surface area contributed by atoms with Gasteiger partial charge in [0.15, 0.2) is 11.2 Å². The third-order valence-electron chi connectivity index (χ3n) is 3.82.